The molecule has 2 aromatic heterocycles. The van der Waals surface area contributed by atoms with Crippen molar-refractivity contribution in [3.63, 3.8) is 0 Å². The molecule has 7 nitrogen and oxygen atoms in total. The molecule has 1 atom stereocenters. The largest absolute Gasteiger partial charge is 0.496 e. The van der Waals surface area contributed by atoms with Crippen LogP contribution in [-0.4, -0.2) is 35.5 Å². The number of ether oxygens (including phenoxy) is 1. The maximum Gasteiger partial charge on any atom is 0.281 e. The molecule has 28 heavy (non-hydrogen) atoms. The molecular weight excluding hydrogens is 356 g/mol. The molecule has 0 bridgehead atoms. The summed E-state index contributed by atoms with van der Waals surface area (Å²) in [7, 11) is 1.63. The quantitative estimate of drug-likeness (QED) is 0.710. The number of nitrogens with zero attached hydrogens (tertiary/aromatic N) is 2. The van der Waals surface area contributed by atoms with E-state index >= 15 is 0 Å². The minimum absolute atomic E-state index is 0.145. The van der Waals surface area contributed by atoms with E-state index < -0.39 is 0 Å². The van der Waals surface area contributed by atoms with Crippen molar-refractivity contribution < 1.29 is 9.53 Å². The van der Waals surface area contributed by atoms with Crippen molar-refractivity contribution in [2.24, 2.45) is 5.92 Å². The third kappa shape index (κ3) is 3.61. The van der Waals surface area contributed by atoms with E-state index in [4.69, 9.17) is 4.74 Å². The summed E-state index contributed by atoms with van der Waals surface area (Å²) < 4.78 is 6.87. The number of pyridine rings is 1. The van der Waals surface area contributed by atoms with Gasteiger partial charge in [-0.05, 0) is 67.7 Å². The third-order valence-electron chi connectivity index (χ3n) is 5.08. The van der Waals surface area contributed by atoms with Gasteiger partial charge in [0, 0.05) is 11.8 Å². The zero-order valence-electron chi connectivity index (χ0n) is 15.6. The van der Waals surface area contributed by atoms with E-state index in [1.165, 1.54) is 10.6 Å². The van der Waals surface area contributed by atoms with Crippen LogP contribution in [0.15, 0.2) is 53.6 Å². The van der Waals surface area contributed by atoms with E-state index in [0.29, 0.717) is 17.1 Å². The molecule has 3 aromatic rings. The van der Waals surface area contributed by atoms with Gasteiger partial charge in [0.25, 0.3) is 11.5 Å². The molecule has 1 aliphatic heterocycles. The summed E-state index contributed by atoms with van der Waals surface area (Å²) in [5.41, 5.74) is 1.84. The number of nitrogens with one attached hydrogen (secondary N) is 2. The van der Waals surface area contributed by atoms with Gasteiger partial charge >= 0.3 is 0 Å². The molecule has 1 aromatic carbocycles. The van der Waals surface area contributed by atoms with Crippen molar-refractivity contribution in [2.75, 3.05) is 25.5 Å². The highest BCUT2D eigenvalue weighted by atomic mass is 16.5. The molecule has 3 heterocycles. The number of fused-ring (bicyclic) bond motifs is 1. The highest BCUT2D eigenvalue weighted by molar-refractivity contribution is 6.04. The normalized spacial score (nSPS) is 16.2. The number of hydrogen-bond acceptors (Lipinski definition) is 5. The number of methoxy groups -OCH3 is 1. The molecule has 4 rings (SSSR count). The zero-order valence-corrected chi connectivity index (χ0v) is 15.6. The molecule has 0 aliphatic carbocycles. The number of carbonyl (C=O) groups excluding carboxylic acids is 1. The van der Waals surface area contributed by atoms with Gasteiger partial charge in [-0.15, -0.1) is 0 Å². The van der Waals surface area contributed by atoms with Crippen LogP contribution in [0.4, 0.5) is 5.69 Å². The Bertz CT molecular complexity index is 1070. The lowest BCUT2D eigenvalue weighted by molar-refractivity contribution is 0.102. The maximum absolute atomic E-state index is 12.8. The van der Waals surface area contributed by atoms with Crippen LogP contribution < -0.4 is 20.9 Å². The zero-order chi connectivity index (χ0) is 19.5. The summed E-state index contributed by atoms with van der Waals surface area (Å²) in [4.78, 5) is 29.5. The summed E-state index contributed by atoms with van der Waals surface area (Å²) in [5.74, 6) is 0.959. The minimum Gasteiger partial charge on any atom is -0.496 e. The first kappa shape index (κ1) is 18.2. The first-order valence-electron chi connectivity index (χ1n) is 9.31. The first-order valence-corrected chi connectivity index (χ1v) is 9.31. The monoisotopic (exact) mass is 378 g/mol. The molecule has 1 fully saturated rings. The summed E-state index contributed by atoms with van der Waals surface area (Å²) in [5, 5.41) is 6.05. The summed E-state index contributed by atoms with van der Waals surface area (Å²) in [6.07, 6.45) is 4.97. The Morgan fingerprint density at radius 3 is 3.04 bits per heavy atom. The second kappa shape index (κ2) is 7.82. The fourth-order valence-electron chi connectivity index (χ4n) is 3.59. The lowest BCUT2D eigenvalue weighted by atomic mass is 9.96. The Kier molecular flexibility index (Phi) is 5.08. The SMILES string of the molecule is COc1ccc(C(=O)Nc2cnc3ccccn3c2=O)cc1CC1CCNC1. The standard InChI is InChI=1S/C21H22N4O3/c1-28-18-6-5-15(11-16(18)10-14-7-8-22-12-14)20(26)24-17-13-23-19-4-2-3-9-25(19)21(17)27/h2-6,9,11,13-14,22H,7-8,10,12H2,1H3,(H,24,26). The molecule has 1 saturated heterocycles. The Morgan fingerprint density at radius 2 is 2.25 bits per heavy atom. The van der Waals surface area contributed by atoms with E-state index in [1.54, 1.807) is 43.6 Å². The number of aromatic nitrogens is 2. The van der Waals surface area contributed by atoms with Crippen LogP contribution in [0.1, 0.15) is 22.3 Å². The van der Waals surface area contributed by atoms with Crippen molar-refractivity contribution in [1.82, 2.24) is 14.7 Å². The number of rotatable bonds is 5. The molecule has 0 radical (unpaired) electrons. The molecule has 0 saturated carbocycles. The number of amides is 1. The predicted molar refractivity (Wildman–Crippen MR) is 107 cm³/mol. The predicted octanol–water partition coefficient (Wildman–Crippen LogP) is 2.11. The smallest absolute Gasteiger partial charge is 0.281 e. The average Bonchev–Trinajstić information content (AvgIpc) is 3.23. The van der Waals surface area contributed by atoms with Gasteiger partial charge in [-0.3, -0.25) is 14.0 Å². The van der Waals surface area contributed by atoms with Crippen molar-refractivity contribution in [3.8, 4) is 5.75 Å². The van der Waals surface area contributed by atoms with E-state index in [1.807, 2.05) is 6.07 Å². The fourth-order valence-corrected chi connectivity index (χ4v) is 3.59. The van der Waals surface area contributed by atoms with Gasteiger partial charge in [-0.25, -0.2) is 4.98 Å². The van der Waals surface area contributed by atoms with Crippen LogP contribution in [0.25, 0.3) is 5.65 Å². The molecular formula is C21H22N4O3. The molecule has 2 N–H and O–H groups in total. The average molecular weight is 378 g/mol. The van der Waals surface area contributed by atoms with Gasteiger partial charge < -0.3 is 15.4 Å². The van der Waals surface area contributed by atoms with E-state index in [9.17, 15) is 9.59 Å². The second-order valence-corrected chi connectivity index (χ2v) is 6.95. The van der Waals surface area contributed by atoms with Gasteiger partial charge in [0.05, 0.1) is 13.3 Å². The molecule has 1 amide bonds. The summed E-state index contributed by atoms with van der Waals surface area (Å²) >= 11 is 0. The van der Waals surface area contributed by atoms with Crippen LogP contribution >= 0.6 is 0 Å². The molecule has 0 spiro atoms. The molecule has 1 aliphatic rings. The fraction of sp³-hybridized carbons (Fsp3) is 0.286. The lowest BCUT2D eigenvalue weighted by Crippen LogP contribution is -2.23. The summed E-state index contributed by atoms with van der Waals surface area (Å²) in [6, 6.07) is 10.6. The number of carbonyl (C=O) groups is 1. The Balaban J connectivity index is 1.59. The van der Waals surface area contributed by atoms with Gasteiger partial charge in [0.15, 0.2) is 0 Å². The maximum atomic E-state index is 12.8. The van der Waals surface area contributed by atoms with Crippen molar-refractivity contribution >= 4 is 17.2 Å². The topological polar surface area (TPSA) is 84.7 Å². The van der Waals surface area contributed by atoms with Crippen LogP contribution in [0, 0.1) is 5.92 Å². The van der Waals surface area contributed by atoms with Crippen molar-refractivity contribution in [3.05, 3.63) is 70.3 Å². The van der Waals surface area contributed by atoms with Gasteiger partial charge in [0.1, 0.15) is 17.1 Å². The van der Waals surface area contributed by atoms with Crippen LogP contribution in [-0.2, 0) is 6.42 Å². The van der Waals surface area contributed by atoms with Gasteiger partial charge in [0.2, 0.25) is 0 Å². The van der Waals surface area contributed by atoms with Crippen LogP contribution in [0.3, 0.4) is 0 Å². The highest BCUT2D eigenvalue weighted by Gasteiger charge is 2.19. The Labute approximate surface area is 162 Å². The van der Waals surface area contributed by atoms with Gasteiger partial charge in [-0.1, -0.05) is 6.07 Å². The van der Waals surface area contributed by atoms with E-state index in [0.717, 1.165) is 37.2 Å². The minimum atomic E-state index is -0.344. The lowest BCUT2D eigenvalue weighted by Gasteiger charge is -2.14. The number of benzene rings is 1. The molecule has 144 valence electrons. The number of anilines is 1. The number of hydrogen-bond donors (Lipinski definition) is 2. The van der Waals surface area contributed by atoms with Crippen molar-refractivity contribution in [1.29, 1.82) is 0 Å². The van der Waals surface area contributed by atoms with Crippen LogP contribution in [0.2, 0.25) is 0 Å². The second-order valence-electron chi connectivity index (χ2n) is 6.95. The van der Waals surface area contributed by atoms with E-state index in [-0.39, 0.29) is 17.2 Å². The van der Waals surface area contributed by atoms with Crippen molar-refractivity contribution in [2.45, 2.75) is 12.8 Å². The highest BCUT2D eigenvalue weighted by Crippen LogP contribution is 2.25. The molecule has 1 unspecified atom stereocenters. The first-order chi connectivity index (χ1) is 13.7. The van der Waals surface area contributed by atoms with E-state index in [2.05, 4.69) is 15.6 Å². The molecule has 7 heteroatoms. The Morgan fingerprint density at radius 1 is 1.36 bits per heavy atom. The van der Waals surface area contributed by atoms with Gasteiger partial charge in [-0.2, -0.15) is 0 Å². The Hall–Kier alpha value is -3.19. The third-order valence-corrected chi connectivity index (χ3v) is 5.08. The summed E-state index contributed by atoms with van der Waals surface area (Å²) in [6.45, 7) is 1.99. The van der Waals surface area contributed by atoms with Crippen LogP contribution in [0.5, 0.6) is 5.75 Å².